The van der Waals surface area contributed by atoms with E-state index in [0.717, 1.165) is 17.0 Å². The van der Waals surface area contributed by atoms with Gasteiger partial charge in [0, 0.05) is 35.3 Å². The van der Waals surface area contributed by atoms with Crippen molar-refractivity contribution in [2.45, 2.75) is 4.21 Å². The van der Waals surface area contributed by atoms with Gasteiger partial charge in [0.05, 0.1) is 16.2 Å². The summed E-state index contributed by atoms with van der Waals surface area (Å²) in [4.78, 5) is 40.9. The zero-order valence-corrected chi connectivity index (χ0v) is 19.8. The van der Waals surface area contributed by atoms with Crippen molar-refractivity contribution in [1.82, 2.24) is 14.3 Å². The lowest BCUT2D eigenvalue weighted by atomic mass is 10.1. The van der Waals surface area contributed by atoms with Crippen LogP contribution in [0.4, 0.5) is 16.2 Å². The van der Waals surface area contributed by atoms with E-state index in [1.54, 1.807) is 25.2 Å². The first kappa shape index (κ1) is 23.4. The number of halogens is 1. The number of rotatable bonds is 6. The minimum absolute atomic E-state index is 0.107. The summed E-state index contributed by atoms with van der Waals surface area (Å²) in [5.41, 5.74) is 0.858. The highest BCUT2D eigenvalue weighted by Crippen LogP contribution is 2.25. The second kappa shape index (κ2) is 9.25. The highest BCUT2D eigenvalue weighted by Gasteiger charge is 2.20. The average Bonchev–Trinajstić information content (AvgIpc) is 3.27. The van der Waals surface area contributed by atoms with Crippen molar-refractivity contribution in [2.75, 3.05) is 17.7 Å². The Morgan fingerprint density at radius 2 is 1.88 bits per heavy atom. The van der Waals surface area contributed by atoms with Crippen LogP contribution in [0.5, 0.6) is 0 Å². The summed E-state index contributed by atoms with van der Waals surface area (Å²) < 4.78 is 27.7. The third kappa shape index (κ3) is 4.64. The van der Waals surface area contributed by atoms with E-state index in [9.17, 15) is 22.8 Å². The van der Waals surface area contributed by atoms with Crippen LogP contribution in [0.1, 0.15) is 10.4 Å². The molecule has 3 N–H and O–H groups in total. The number of amides is 2. The normalized spacial score (nSPS) is 11.2. The third-order valence-corrected chi connectivity index (χ3v) is 7.81. The molecule has 0 unspecified atom stereocenters. The number of anilines is 2. The molecule has 10 nitrogen and oxygen atoms in total. The molecule has 0 aliphatic heterocycles. The van der Waals surface area contributed by atoms with Gasteiger partial charge in [-0.1, -0.05) is 11.6 Å². The van der Waals surface area contributed by atoms with E-state index in [0.29, 0.717) is 22.6 Å². The molecule has 13 heteroatoms. The Bertz CT molecular complexity index is 1580. The van der Waals surface area contributed by atoms with E-state index in [1.807, 2.05) is 4.72 Å². The third-order valence-electron chi connectivity index (χ3n) is 4.76. The van der Waals surface area contributed by atoms with Gasteiger partial charge >= 0.3 is 6.03 Å². The number of pyridine rings is 2. The van der Waals surface area contributed by atoms with E-state index in [-0.39, 0.29) is 25.6 Å². The fraction of sp³-hybridized carbons (Fsp3) is 0.0476. The lowest BCUT2D eigenvalue weighted by Crippen LogP contribution is -2.34. The fourth-order valence-corrected chi connectivity index (χ4v) is 5.55. The number of carbonyl (C=O) groups is 2. The summed E-state index contributed by atoms with van der Waals surface area (Å²) in [5, 5.41) is 6.17. The summed E-state index contributed by atoms with van der Waals surface area (Å²) in [7, 11) is -2.35. The molecule has 3 heterocycles. The molecular weight excluding hydrogens is 502 g/mol. The van der Waals surface area contributed by atoms with Crippen LogP contribution < -0.4 is 20.9 Å². The number of carbonyl (C=O) groups excluding carboxylic acids is 2. The van der Waals surface area contributed by atoms with Crippen LogP contribution in [0, 0.1) is 0 Å². The molecule has 0 radical (unpaired) electrons. The zero-order valence-electron chi connectivity index (χ0n) is 17.4. The first-order valence-corrected chi connectivity index (χ1v) is 12.3. The summed E-state index contributed by atoms with van der Waals surface area (Å²) in [6.07, 6.45) is 3.29. The number of nitrogens with one attached hydrogen (secondary N) is 3. The molecule has 3 aromatic heterocycles. The molecule has 2 amide bonds. The Hall–Kier alpha value is -3.74. The second-order valence-corrected chi connectivity index (χ2v) is 10.5. The van der Waals surface area contributed by atoms with Crippen LogP contribution in [0.25, 0.3) is 16.6 Å². The molecule has 0 bridgehead atoms. The molecule has 1 aromatic carbocycles. The van der Waals surface area contributed by atoms with Gasteiger partial charge in [-0.05, 0) is 42.5 Å². The maximum atomic E-state index is 13.0. The predicted octanol–water partition coefficient (Wildman–Crippen LogP) is 3.47. The average molecular weight is 518 g/mol. The largest absolute Gasteiger partial charge is 0.388 e. The number of nitrogens with zero attached hydrogens (tertiary/aromatic N) is 2. The van der Waals surface area contributed by atoms with Gasteiger partial charge in [0.25, 0.3) is 15.6 Å². The molecule has 0 saturated heterocycles. The van der Waals surface area contributed by atoms with Gasteiger partial charge < -0.3 is 10.6 Å². The number of urea groups is 1. The van der Waals surface area contributed by atoms with E-state index >= 15 is 0 Å². The Labute approximate surface area is 202 Å². The standard InChI is InChI=1S/C21H16ClN5O5S2/c1-23-13-2-4-15-16(8-13)12(11-28)10-27(20(15)29)18-6-3-14(9-24-18)25-21(30)26-34(31,32)19-7-5-17(22)33-19/h2-11,23H,1H3,(H2,25,26,30). The molecule has 174 valence electrons. The number of hydrogen-bond donors (Lipinski definition) is 3. The van der Waals surface area contributed by atoms with E-state index in [1.165, 1.54) is 41.2 Å². The van der Waals surface area contributed by atoms with Crippen molar-refractivity contribution in [3.63, 3.8) is 0 Å². The van der Waals surface area contributed by atoms with Crippen LogP contribution in [0.2, 0.25) is 4.34 Å². The second-order valence-electron chi connectivity index (χ2n) is 6.91. The number of benzene rings is 1. The first-order valence-electron chi connectivity index (χ1n) is 9.60. The van der Waals surface area contributed by atoms with Gasteiger partial charge in [-0.15, -0.1) is 11.3 Å². The van der Waals surface area contributed by atoms with Crippen LogP contribution >= 0.6 is 22.9 Å². The van der Waals surface area contributed by atoms with Gasteiger partial charge in [0.15, 0.2) is 6.29 Å². The van der Waals surface area contributed by atoms with E-state index < -0.39 is 16.1 Å². The van der Waals surface area contributed by atoms with Gasteiger partial charge in [-0.25, -0.2) is 22.9 Å². The summed E-state index contributed by atoms with van der Waals surface area (Å²) in [5.74, 6) is 0.208. The maximum Gasteiger partial charge on any atom is 0.333 e. The van der Waals surface area contributed by atoms with Crippen molar-refractivity contribution in [2.24, 2.45) is 0 Å². The molecular formula is C21H16ClN5O5S2. The highest BCUT2D eigenvalue weighted by molar-refractivity contribution is 7.92. The molecule has 0 aliphatic carbocycles. The van der Waals surface area contributed by atoms with Gasteiger partial charge in [-0.3, -0.25) is 14.2 Å². The molecule has 4 aromatic rings. The van der Waals surface area contributed by atoms with Crippen LogP contribution in [-0.4, -0.2) is 37.3 Å². The molecule has 0 saturated carbocycles. The van der Waals surface area contributed by atoms with E-state index in [4.69, 9.17) is 11.6 Å². The molecule has 4 rings (SSSR count). The lowest BCUT2D eigenvalue weighted by molar-refractivity contribution is 0.112. The Kier molecular flexibility index (Phi) is 6.37. The van der Waals surface area contributed by atoms with Crippen LogP contribution in [0.3, 0.4) is 0 Å². The minimum atomic E-state index is -4.08. The Morgan fingerprint density at radius 3 is 2.50 bits per heavy atom. The number of aromatic nitrogens is 2. The van der Waals surface area contributed by atoms with Crippen molar-refractivity contribution in [3.8, 4) is 5.82 Å². The van der Waals surface area contributed by atoms with Gasteiger partial charge in [0.2, 0.25) is 0 Å². The number of thiophene rings is 1. The van der Waals surface area contributed by atoms with Crippen LogP contribution in [-0.2, 0) is 10.0 Å². The number of hydrogen-bond acceptors (Lipinski definition) is 8. The predicted molar refractivity (Wildman–Crippen MR) is 131 cm³/mol. The quantitative estimate of drug-likeness (QED) is 0.333. The Balaban J connectivity index is 1.58. The van der Waals surface area contributed by atoms with Gasteiger partial charge in [0.1, 0.15) is 10.0 Å². The monoisotopic (exact) mass is 517 g/mol. The first-order chi connectivity index (χ1) is 16.2. The Morgan fingerprint density at radius 1 is 1.12 bits per heavy atom. The molecule has 0 spiro atoms. The number of sulfonamides is 1. The van der Waals surface area contributed by atoms with Crippen molar-refractivity contribution in [3.05, 3.63) is 75.1 Å². The summed E-state index contributed by atoms with van der Waals surface area (Å²) in [6, 6.07) is 9.64. The van der Waals surface area contributed by atoms with E-state index in [2.05, 4.69) is 15.6 Å². The lowest BCUT2D eigenvalue weighted by Gasteiger charge is -2.11. The molecule has 34 heavy (non-hydrogen) atoms. The van der Waals surface area contributed by atoms with Crippen LogP contribution in [0.15, 0.2) is 63.9 Å². The molecule has 0 fully saturated rings. The number of aldehydes is 1. The SMILES string of the molecule is CNc1ccc2c(=O)n(-c3ccc(NC(=O)NS(=O)(=O)c4ccc(Cl)s4)cn3)cc(C=O)c2c1. The molecule has 0 aliphatic rings. The topological polar surface area (TPSA) is 139 Å². The summed E-state index contributed by atoms with van der Waals surface area (Å²) in [6.45, 7) is 0. The maximum absolute atomic E-state index is 13.0. The summed E-state index contributed by atoms with van der Waals surface area (Å²) >= 11 is 6.56. The highest BCUT2D eigenvalue weighted by atomic mass is 35.5. The minimum Gasteiger partial charge on any atom is -0.388 e. The smallest absolute Gasteiger partial charge is 0.333 e. The van der Waals surface area contributed by atoms with Gasteiger partial charge in [-0.2, -0.15) is 0 Å². The zero-order chi connectivity index (χ0) is 24.5. The van der Waals surface area contributed by atoms with Crippen molar-refractivity contribution in [1.29, 1.82) is 0 Å². The number of fused-ring (bicyclic) bond motifs is 1. The fourth-order valence-electron chi connectivity index (χ4n) is 3.16. The van der Waals surface area contributed by atoms with Crippen molar-refractivity contribution < 1.29 is 18.0 Å². The van der Waals surface area contributed by atoms with Crippen molar-refractivity contribution >= 4 is 67.4 Å². The molecule has 0 atom stereocenters.